The summed E-state index contributed by atoms with van der Waals surface area (Å²) in [6.07, 6.45) is 2.59. The normalized spacial score (nSPS) is 18.8. The molecule has 1 saturated heterocycles. The number of piperidine rings is 1. The predicted octanol–water partition coefficient (Wildman–Crippen LogP) is 2.86. The van der Waals surface area contributed by atoms with E-state index >= 15 is 0 Å². The number of hydrogen-bond acceptors (Lipinski definition) is 4. The Balaban J connectivity index is 2.42. The zero-order valence-electron chi connectivity index (χ0n) is 17.2. The lowest BCUT2D eigenvalue weighted by atomic mass is 9.81. The van der Waals surface area contributed by atoms with Gasteiger partial charge in [0, 0.05) is 17.6 Å². The van der Waals surface area contributed by atoms with Crippen molar-refractivity contribution in [2.45, 2.75) is 64.5 Å². The summed E-state index contributed by atoms with van der Waals surface area (Å²) in [6, 6.07) is 6.16. The Bertz CT molecular complexity index is 723. The van der Waals surface area contributed by atoms with Crippen LogP contribution in [0.2, 0.25) is 5.02 Å². The number of amides is 3. The average Bonchev–Trinajstić information content (AvgIpc) is 2.71. The smallest absolute Gasteiger partial charge is 0.247 e. The molecule has 1 heterocycles. The van der Waals surface area contributed by atoms with Gasteiger partial charge >= 0.3 is 0 Å². The first-order chi connectivity index (χ1) is 13.8. The monoisotopic (exact) mass is 423 g/mol. The Morgan fingerprint density at radius 1 is 1.21 bits per heavy atom. The summed E-state index contributed by atoms with van der Waals surface area (Å²) in [5, 5.41) is 12.6. The molecule has 0 aromatic heterocycles. The van der Waals surface area contributed by atoms with Crippen molar-refractivity contribution in [2.75, 3.05) is 6.54 Å². The average molecular weight is 424 g/mol. The van der Waals surface area contributed by atoms with Crippen LogP contribution >= 0.6 is 11.6 Å². The molecule has 3 N–H and O–H groups in total. The van der Waals surface area contributed by atoms with Crippen LogP contribution in [0.3, 0.4) is 0 Å². The zero-order chi connectivity index (χ0) is 21.6. The van der Waals surface area contributed by atoms with Crippen molar-refractivity contribution >= 4 is 29.3 Å². The van der Waals surface area contributed by atoms with E-state index in [-0.39, 0.29) is 17.9 Å². The first-order valence-electron chi connectivity index (χ1n) is 10.1. The van der Waals surface area contributed by atoms with Gasteiger partial charge in [-0.2, -0.15) is 0 Å². The van der Waals surface area contributed by atoms with Gasteiger partial charge in [-0.05, 0) is 57.2 Å². The fourth-order valence-corrected chi connectivity index (χ4v) is 4.03. The second kappa shape index (κ2) is 10.6. The van der Waals surface area contributed by atoms with Gasteiger partial charge in [-0.3, -0.25) is 19.6 Å². The van der Waals surface area contributed by atoms with Gasteiger partial charge in [-0.1, -0.05) is 30.7 Å². The molecule has 1 fully saturated rings. The highest BCUT2D eigenvalue weighted by Gasteiger charge is 2.41. The lowest BCUT2D eigenvalue weighted by Gasteiger charge is -2.38. The molecule has 7 nitrogen and oxygen atoms in total. The maximum Gasteiger partial charge on any atom is 0.247 e. The number of carbonyl (C=O) groups is 3. The van der Waals surface area contributed by atoms with Crippen LogP contribution in [0.25, 0.3) is 0 Å². The summed E-state index contributed by atoms with van der Waals surface area (Å²) < 4.78 is 0. The standard InChI is InChI=1S/C21H30ClN3O4/c1-4-16(19(26)24-29)18(14-8-10-15(22)11-9-14)21(28)25-12-6-5-7-17(25)20(27)23-13(2)3/h8-11,13,16-18,29H,4-7,12H2,1-3H3,(H,23,27)(H,24,26)/t16-,17+,18-/m1/s1. The summed E-state index contributed by atoms with van der Waals surface area (Å²) in [5.74, 6) is -2.68. The van der Waals surface area contributed by atoms with Gasteiger partial charge < -0.3 is 10.2 Å². The minimum absolute atomic E-state index is 0.0306. The third-order valence-electron chi connectivity index (χ3n) is 5.30. The third kappa shape index (κ3) is 5.70. The lowest BCUT2D eigenvalue weighted by molar-refractivity contribution is -0.147. The number of hydrogen-bond donors (Lipinski definition) is 3. The Labute approximate surface area is 176 Å². The molecule has 1 aliphatic heterocycles. The van der Waals surface area contributed by atoms with Crippen LogP contribution in [0.5, 0.6) is 0 Å². The minimum atomic E-state index is -0.822. The first kappa shape index (κ1) is 23.2. The molecular formula is C21H30ClN3O4. The van der Waals surface area contributed by atoms with Crippen LogP contribution in [0.4, 0.5) is 0 Å². The van der Waals surface area contributed by atoms with Crippen LogP contribution in [-0.4, -0.2) is 46.5 Å². The molecule has 1 aromatic rings. The molecule has 3 atom stereocenters. The summed E-state index contributed by atoms with van der Waals surface area (Å²) >= 11 is 5.99. The van der Waals surface area contributed by atoms with E-state index in [4.69, 9.17) is 11.6 Å². The Hall–Kier alpha value is -2.12. The Morgan fingerprint density at radius 3 is 2.41 bits per heavy atom. The molecule has 160 valence electrons. The van der Waals surface area contributed by atoms with Gasteiger partial charge in [-0.25, -0.2) is 5.48 Å². The van der Waals surface area contributed by atoms with Gasteiger partial charge in [0.15, 0.2) is 0 Å². The van der Waals surface area contributed by atoms with Crippen LogP contribution in [0.15, 0.2) is 24.3 Å². The summed E-state index contributed by atoms with van der Waals surface area (Å²) in [5.41, 5.74) is 2.31. The molecular weight excluding hydrogens is 394 g/mol. The Kier molecular flexibility index (Phi) is 8.46. The highest BCUT2D eigenvalue weighted by Crippen LogP contribution is 2.33. The minimum Gasteiger partial charge on any atom is -0.352 e. The van der Waals surface area contributed by atoms with E-state index in [1.165, 1.54) is 0 Å². The van der Waals surface area contributed by atoms with Gasteiger partial charge in [0.2, 0.25) is 17.7 Å². The fraction of sp³-hybridized carbons (Fsp3) is 0.571. The number of halogens is 1. The largest absolute Gasteiger partial charge is 0.352 e. The van der Waals surface area contributed by atoms with E-state index in [2.05, 4.69) is 5.32 Å². The van der Waals surface area contributed by atoms with E-state index < -0.39 is 23.8 Å². The van der Waals surface area contributed by atoms with Gasteiger partial charge in [0.25, 0.3) is 0 Å². The maximum atomic E-state index is 13.7. The second-order valence-corrected chi connectivity index (χ2v) is 8.16. The van der Waals surface area contributed by atoms with Crippen molar-refractivity contribution in [1.29, 1.82) is 0 Å². The van der Waals surface area contributed by atoms with Gasteiger partial charge in [-0.15, -0.1) is 0 Å². The molecule has 0 saturated carbocycles. The third-order valence-corrected chi connectivity index (χ3v) is 5.56. The van der Waals surface area contributed by atoms with Crippen molar-refractivity contribution in [3.63, 3.8) is 0 Å². The number of benzene rings is 1. The molecule has 3 amide bonds. The molecule has 1 aliphatic rings. The van der Waals surface area contributed by atoms with Crippen LogP contribution in [0.1, 0.15) is 57.9 Å². The molecule has 0 radical (unpaired) electrons. The van der Waals surface area contributed by atoms with E-state index in [0.29, 0.717) is 30.0 Å². The maximum absolute atomic E-state index is 13.7. The molecule has 0 bridgehead atoms. The fourth-order valence-electron chi connectivity index (χ4n) is 3.90. The first-order valence-corrected chi connectivity index (χ1v) is 10.5. The number of likely N-dealkylation sites (tertiary alicyclic amines) is 1. The topological polar surface area (TPSA) is 98.7 Å². The van der Waals surface area contributed by atoms with E-state index in [0.717, 1.165) is 12.8 Å². The molecule has 1 aromatic carbocycles. The molecule has 2 rings (SSSR count). The highest BCUT2D eigenvalue weighted by atomic mass is 35.5. The van der Waals surface area contributed by atoms with Crippen molar-refractivity contribution < 1.29 is 19.6 Å². The van der Waals surface area contributed by atoms with E-state index in [1.54, 1.807) is 41.6 Å². The molecule has 0 spiro atoms. The second-order valence-electron chi connectivity index (χ2n) is 7.73. The molecule has 8 heteroatoms. The summed E-state index contributed by atoms with van der Waals surface area (Å²) in [6.45, 7) is 6.00. The number of hydroxylamine groups is 1. The van der Waals surface area contributed by atoms with Crippen molar-refractivity contribution in [1.82, 2.24) is 15.7 Å². The lowest BCUT2D eigenvalue weighted by Crippen LogP contribution is -2.55. The highest BCUT2D eigenvalue weighted by molar-refractivity contribution is 6.30. The van der Waals surface area contributed by atoms with E-state index in [9.17, 15) is 19.6 Å². The van der Waals surface area contributed by atoms with Crippen molar-refractivity contribution in [2.24, 2.45) is 5.92 Å². The van der Waals surface area contributed by atoms with Crippen LogP contribution < -0.4 is 10.8 Å². The number of nitrogens with one attached hydrogen (secondary N) is 2. The zero-order valence-corrected chi connectivity index (χ0v) is 17.9. The van der Waals surface area contributed by atoms with Gasteiger partial charge in [0.05, 0.1) is 11.8 Å². The summed E-state index contributed by atoms with van der Waals surface area (Å²) in [7, 11) is 0. The molecule has 0 aliphatic carbocycles. The SMILES string of the molecule is CC[C@@H](C(=O)NO)[C@H](C(=O)N1CCCC[C@H]1C(=O)NC(C)C)c1ccc(Cl)cc1. The van der Waals surface area contributed by atoms with E-state index in [1.807, 2.05) is 13.8 Å². The van der Waals surface area contributed by atoms with Crippen LogP contribution in [-0.2, 0) is 14.4 Å². The van der Waals surface area contributed by atoms with Gasteiger partial charge in [0.1, 0.15) is 6.04 Å². The number of rotatable bonds is 7. The Morgan fingerprint density at radius 2 is 1.86 bits per heavy atom. The number of carbonyl (C=O) groups excluding carboxylic acids is 3. The quantitative estimate of drug-likeness (QED) is 0.464. The molecule has 29 heavy (non-hydrogen) atoms. The van der Waals surface area contributed by atoms with Crippen molar-refractivity contribution in [3.8, 4) is 0 Å². The molecule has 0 unspecified atom stereocenters. The predicted molar refractivity (Wildman–Crippen MR) is 111 cm³/mol. The number of nitrogens with zero attached hydrogens (tertiary/aromatic N) is 1. The summed E-state index contributed by atoms with van der Waals surface area (Å²) in [4.78, 5) is 40.3. The van der Waals surface area contributed by atoms with Crippen molar-refractivity contribution in [3.05, 3.63) is 34.9 Å². The van der Waals surface area contributed by atoms with Crippen LogP contribution in [0, 0.1) is 5.92 Å².